The molecule has 0 spiro atoms. The zero-order valence-corrected chi connectivity index (χ0v) is 10.1. The van der Waals surface area contributed by atoms with Gasteiger partial charge in [0.15, 0.2) is 9.84 Å². The van der Waals surface area contributed by atoms with Gasteiger partial charge in [-0.2, -0.15) is 0 Å². The number of halogens is 1. The fraction of sp³-hybridized carbons (Fsp3) is 0.455. The van der Waals surface area contributed by atoms with Crippen LogP contribution in [0.3, 0.4) is 0 Å². The molecule has 4 nitrogen and oxygen atoms in total. The van der Waals surface area contributed by atoms with Gasteiger partial charge < -0.3 is 10.8 Å². The topological polar surface area (TPSA) is 80.4 Å². The fourth-order valence-corrected chi connectivity index (χ4v) is 4.26. The second-order valence-corrected chi connectivity index (χ2v) is 6.72. The Kier molecular flexibility index (Phi) is 2.76. The molecule has 0 saturated heterocycles. The van der Waals surface area contributed by atoms with Crippen LogP contribution in [-0.2, 0) is 9.84 Å². The Hall–Kier alpha value is -0.980. The molecular formula is C11H14FNO3S. The van der Waals surface area contributed by atoms with Gasteiger partial charge in [0.25, 0.3) is 0 Å². The number of hydrogen-bond acceptors (Lipinski definition) is 4. The summed E-state index contributed by atoms with van der Waals surface area (Å²) in [6.07, 6.45) is 1.10. The smallest absolute Gasteiger partial charge is 0.152 e. The number of rotatable bonds is 3. The molecule has 1 aromatic rings. The van der Waals surface area contributed by atoms with E-state index in [0.717, 1.165) is 6.26 Å². The molecule has 1 aliphatic carbocycles. The van der Waals surface area contributed by atoms with Gasteiger partial charge in [0.1, 0.15) is 5.82 Å². The van der Waals surface area contributed by atoms with Crippen molar-refractivity contribution < 1.29 is 17.9 Å². The molecule has 3 atom stereocenters. The molecule has 2 rings (SSSR count). The largest absolute Gasteiger partial charge is 0.394 e. The average molecular weight is 259 g/mol. The standard InChI is InChI=1S/C11H14FNO3S/c1-17(15,16)10-9(11(10,13)6-14)7-2-4-8(12)5-3-7/h2-5,9-10,14H,6,13H2,1H3/t9-,10-,11+/m1/s1. The third-order valence-electron chi connectivity index (χ3n) is 3.27. The molecule has 94 valence electrons. The van der Waals surface area contributed by atoms with Crippen LogP contribution in [0.5, 0.6) is 0 Å². The Bertz CT molecular complexity index is 528. The maximum absolute atomic E-state index is 12.8. The van der Waals surface area contributed by atoms with Crippen LogP contribution in [0.4, 0.5) is 4.39 Å². The first-order valence-corrected chi connectivity index (χ1v) is 7.10. The van der Waals surface area contributed by atoms with E-state index in [9.17, 15) is 17.9 Å². The molecule has 17 heavy (non-hydrogen) atoms. The molecule has 3 N–H and O–H groups in total. The molecule has 0 bridgehead atoms. The van der Waals surface area contributed by atoms with Crippen molar-refractivity contribution in [3.63, 3.8) is 0 Å². The number of sulfone groups is 1. The Labute approximate surface area is 99.2 Å². The third kappa shape index (κ3) is 1.96. The minimum atomic E-state index is -3.34. The number of hydrogen-bond donors (Lipinski definition) is 2. The van der Waals surface area contributed by atoms with Crippen molar-refractivity contribution >= 4 is 9.84 Å². The highest BCUT2D eigenvalue weighted by atomic mass is 32.2. The summed E-state index contributed by atoms with van der Waals surface area (Å²) in [5.74, 6) is -0.861. The molecule has 0 radical (unpaired) electrons. The van der Waals surface area contributed by atoms with E-state index in [-0.39, 0.29) is 0 Å². The highest BCUT2D eigenvalue weighted by molar-refractivity contribution is 7.91. The van der Waals surface area contributed by atoms with Gasteiger partial charge in [-0.05, 0) is 17.7 Å². The Morgan fingerprint density at radius 2 is 1.94 bits per heavy atom. The van der Waals surface area contributed by atoms with E-state index in [1.165, 1.54) is 24.3 Å². The summed E-state index contributed by atoms with van der Waals surface area (Å²) in [4.78, 5) is 0. The average Bonchev–Trinajstić information content (AvgIpc) is 2.87. The van der Waals surface area contributed by atoms with Crippen molar-refractivity contribution in [2.24, 2.45) is 5.73 Å². The van der Waals surface area contributed by atoms with Crippen molar-refractivity contribution in [2.75, 3.05) is 12.9 Å². The highest BCUT2D eigenvalue weighted by Crippen LogP contribution is 2.53. The van der Waals surface area contributed by atoms with Crippen molar-refractivity contribution in [1.82, 2.24) is 0 Å². The minimum absolute atomic E-state index is 0.392. The van der Waals surface area contributed by atoms with Crippen LogP contribution in [0, 0.1) is 5.82 Å². The number of benzene rings is 1. The molecule has 0 amide bonds. The zero-order valence-electron chi connectivity index (χ0n) is 9.30. The normalized spacial score (nSPS) is 32.5. The second-order valence-electron chi connectivity index (χ2n) is 4.55. The van der Waals surface area contributed by atoms with E-state index in [1.807, 2.05) is 0 Å². The molecule has 1 aromatic carbocycles. The molecule has 0 aromatic heterocycles. The number of aliphatic hydroxyl groups is 1. The molecule has 1 fully saturated rings. The summed E-state index contributed by atoms with van der Waals surface area (Å²) in [5, 5.41) is 8.42. The lowest BCUT2D eigenvalue weighted by molar-refractivity contribution is 0.253. The maximum Gasteiger partial charge on any atom is 0.152 e. The van der Waals surface area contributed by atoms with Crippen LogP contribution in [0.2, 0.25) is 0 Å². The van der Waals surface area contributed by atoms with Gasteiger partial charge in [0.05, 0.1) is 17.4 Å². The molecule has 0 aliphatic heterocycles. The molecule has 1 saturated carbocycles. The van der Waals surface area contributed by atoms with E-state index < -0.39 is 39.0 Å². The van der Waals surface area contributed by atoms with Crippen LogP contribution >= 0.6 is 0 Å². The first-order chi connectivity index (χ1) is 7.80. The van der Waals surface area contributed by atoms with Crippen molar-refractivity contribution in [2.45, 2.75) is 16.7 Å². The van der Waals surface area contributed by atoms with E-state index >= 15 is 0 Å². The van der Waals surface area contributed by atoms with E-state index in [0.29, 0.717) is 5.56 Å². The first-order valence-electron chi connectivity index (χ1n) is 5.15. The molecule has 0 unspecified atom stereocenters. The predicted molar refractivity (Wildman–Crippen MR) is 61.8 cm³/mol. The van der Waals surface area contributed by atoms with Crippen LogP contribution in [0.25, 0.3) is 0 Å². The van der Waals surface area contributed by atoms with Gasteiger partial charge in [-0.3, -0.25) is 0 Å². The van der Waals surface area contributed by atoms with E-state index in [4.69, 9.17) is 5.73 Å². The summed E-state index contributed by atoms with van der Waals surface area (Å²) in [5.41, 5.74) is 5.36. The monoisotopic (exact) mass is 259 g/mol. The highest BCUT2D eigenvalue weighted by Gasteiger charge is 2.67. The summed E-state index contributed by atoms with van der Waals surface area (Å²) < 4.78 is 35.9. The summed E-state index contributed by atoms with van der Waals surface area (Å²) >= 11 is 0. The van der Waals surface area contributed by atoms with Gasteiger partial charge in [0, 0.05) is 12.2 Å². The maximum atomic E-state index is 12.8. The van der Waals surface area contributed by atoms with Gasteiger partial charge in [-0.1, -0.05) is 12.1 Å². The van der Waals surface area contributed by atoms with Gasteiger partial charge in [0.2, 0.25) is 0 Å². The third-order valence-corrected chi connectivity index (χ3v) is 4.90. The fourth-order valence-electron chi connectivity index (χ4n) is 2.41. The zero-order chi connectivity index (χ0) is 12.8. The quantitative estimate of drug-likeness (QED) is 0.802. The van der Waals surface area contributed by atoms with E-state index in [2.05, 4.69) is 0 Å². The van der Waals surface area contributed by atoms with Crippen molar-refractivity contribution in [3.8, 4) is 0 Å². The summed E-state index contributed by atoms with van der Waals surface area (Å²) in [6, 6.07) is 5.51. The summed E-state index contributed by atoms with van der Waals surface area (Å²) in [7, 11) is -3.34. The van der Waals surface area contributed by atoms with Gasteiger partial charge in [-0.25, -0.2) is 12.8 Å². The molecule has 1 aliphatic rings. The second kappa shape index (κ2) is 3.76. The summed E-state index contributed by atoms with van der Waals surface area (Å²) in [6.45, 7) is -0.410. The first kappa shape index (κ1) is 12.5. The lowest BCUT2D eigenvalue weighted by Crippen LogP contribution is -2.34. The van der Waals surface area contributed by atoms with Crippen LogP contribution in [0.1, 0.15) is 11.5 Å². The predicted octanol–water partition coefficient (Wildman–Crippen LogP) is 0.0259. The molecular weight excluding hydrogens is 245 g/mol. The lowest BCUT2D eigenvalue weighted by Gasteiger charge is -2.06. The van der Waals surface area contributed by atoms with Gasteiger partial charge in [-0.15, -0.1) is 0 Å². The van der Waals surface area contributed by atoms with Crippen LogP contribution in [-0.4, -0.2) is 37.2 Å². The van der Waals surface area contributed by atoms with Crippen LogP contribution in [0.15, 0.2) is 24.3 Å². The lowest BCUT2D eigenvalue weighted by atomic mass is 10.1. The minimum Gasteiger partial charge on any atom is -0.394 e. The van der Waals surface area contributed by atoms with Crippen molar-refractivity contribution in [3.05, 3.63) is 35.6 Å². The Balaban J connectivity index is 2.37. The number of aliphatic hydroxyl groups excluding tert-OH is 1. The molecule has 6 heteroatoms. The molecule has 0 heterocycles. The Morgan fingerprint density at radius 1 is 1.41 bits per heavy atom. The van der Waals surface area contributed by atoms with Gasteiger partial charge >= 0.3 is 0 Å². The van der Waals surface area contributed by atoms with E-state index in [1.54, 1.807) is 0 Å². The number of nitrogens with two attached hydrogens (primary N) is 1. The Morgan fingerprint density at radius 3 is 2.29 bits per heavy atom. The SMILES string of the molecule is CS(=O)(=O)[C@@H]1[C@@H](c2ccc(F)cc2)[C@@]1(N)CO. The van der Waals surface area contributed by atoms with Crippen LogP contribution < -0.4 is 5.73 Å². The van der Waals surface area contributed by atoms with Crippen molar-refractivity contribution in [1.29, 1.82) is 0 Å².